The van der Waals surface area contributed by atoms with E-state index in [-0.39, 0.29) is 5.88 Å². The molecule has 17 heavy (non-hydrogen) atoms. The molecule has 1 fully saturated rings. The minimum atomic E-state index is -3.86. The molecule has 1 rings (SSSR count). The molecular formula is C12H25NO3S. The molecule has 5 heteroatoms. The zero-order valence-electron chi connectivity index (χ0n) is 10.9. The van der Waals surface area contributed by atoms with Crippen LogP contribution in [0.15, 0.2) is 0 Å². The fourth-order valence-corrected chi connectivity index (χ4v) is 3.06. The van der Waals surface area contributed by atoms with E-state index in [0.29, 0.717) is 12.5 Å². The number of nitrogens with one attached hydrogen (secondary N) is 1. The topological polar surface area (TPSA) is 66.4 Å². The second kappa shape index (κ2) is 6.71. The summed E-state index contributed by atoms with van der Waals surface area (Å²) in [5.74, 6) is 1.90. The van der Waals surface area contributed by atoms with Crippen molar-refractivity contribution in [2.75, 3.05) is 12.4 Å². The second-order valence-corrected chi connectivity index (χ2v) is 6.80. The van der Waals surface area contributed by atoms with Gasteiger partial charge in [-0.3, -0.25) is 4.55 Å². The predicted octanol–water partition coefficient (Wildman–Crippen LogP) is 2.27. The van der Waals surface area contributed by atoms with Gasteiger partial charge in [0.25, 0.3) is 10.1 Å². The second-order valence-electron chi connectivity index (χ2n) is 5.35. The van der Waals surface area contributed by atoms with E-state index in [1.807, 2.05) is 0 Å². The molecule has 1 unspecified atom stereocenters. The van der Waals surface area contributed by atoms with Crippen molar-refractivity contribution >= 4 is 10.1 Å². The van der Waals surface area contributed by atoms with Crippen molar-refractivity contribution in [2.24, 2.45) is 17.8 Å². The summed E-state index contributed by atoms with van der Waals surface area (Å²) in [6.07, 6.45) is 6.11. The molecule has 1 aliphatic rings. The maximum absolute atomic E-state index is 10.5. The lowest BCUT2D eigenvalue weighted by Gasteiger charge is -2.32. The molecule has 102 valence electrons. The summed E-state index contributed by atoms with van der Waals surface area (Å²) in [5, 5.41) is 2.82. The Morgan fingerprint density at radius 1 is 1.29 bits per heavy atom. The van der Waals surface area contributed by atoms with Crippen LogP contribution >= 0.6 is 0 Å². The average molecular weight is 263 g/mol. The standard InChI is InChI=1S/C12H25NO3S/c1-3-10(2)12-6-4-11(5-7-12)8-13-9-17(14,15)16/h10-13H,3-9H2,1-2H3,(H,14,15,16). The lowest BCUT2D eigenvalue weighted by molar-refractivity contribution is 0.208. The molecule has 1 aliphatic carbocycles. The van der Waals surface area contributed by atoms with Gasteiger partial charge in [-0.2, -0.15) is 8.42 Å². The van der Waals surface area contributed by atoms with E-state index in [4.69, 9.17) is 4.55 Å². The van der Waals surface area contributed by atoms with E-state index in [0.717, 1.165) is 11.8 Å². The van der Waals surface area contributed by atoms with Crippen LogP contribution in [0.5, 0.6) is 0 Å². The Labute approximate surface area is 105 Å². The molecule has 2 N–H and O–H groups in total. The minimum absolute atomic E-state index is 0.321. The Balaban J connectivity index is 2.19. The molecule has 0 aromatic heterocycles. The summed E-state index contributed by atoms with van der Waals surface area (Å²) >= 11 is 0. The quantitative estimate of drug-likeness (QED) is 0.721. The Morgan fingerprint density at radius 3 is 2.35 bits per heavy atom. The molecule has 1 saturated carbocycles. The first-order valence-corrected chi connectivity index (χ1v) is 8.19. The Hall–Kier alpha value is -0.130. The third kappa shape index (κ3) is 5.84. The molecule has 1 atom stereocenters. The molecule has 4 nitrogen and oxygen atoms in total. The maximum Gasteiger partial charge on any atom is 0.278 e. The van der Waals surface area contributed by atoms with E-state index >= 15 is 0 Å². The summed E-state index contributed by atoms with van der Waals surface area (Å²) in [5.41, 5.74) is 0. The van der Waals surface area contributed by atoms with E-state index < -0.39 is 10.1 Å². The van der Waals surface area contributed by atoms with Gasteiger partial charge >= 0.3 is 0 Å². The van der Waals surface area contributed by atoms with Gasteiger partial charge in [-0.1, -0.05) is 20.3 Å². The van der Waals surface area contributed by atoms with E-state index in [2.05, 4.69) is 19.2 Å². The van der Waals surface area contributed by atoms with Crippen LogP contribution in [0.4, 0.5) is 0 Å². The van der Waals surface area contributed by atoms with Crippen molar-refractivity contribution in [3.63, 3.8) is 0 Å². The summed E-state index contributed by atoms with van der Waals surface area (Å²) in [4.78, 5) is 0. The van der Waals surface area contributed by atoms with Gasteiger partial charge in [-0.15, -0.1) is 0 Å². The highest BCUT2D eigenvalue weighted by Gasteiger charge is 2.24. The molecule has 0 aromatic carbocycles. The van der Waals surface area contributed by atoms with Crippen LogP contribution in [0.2, 0.25) is 0 Å². The molecule has 0 heterocycles. The molecule has 0 spiro atoms. The summed E-state index contributed by atoms with van der Waals surface area (Å²) in [7, 11) is -3.86. The van der Waals surface area contributed by atoms with E-state index in [1.54, 1.807) is 0 Å². The van der Waals surface area contributed by atoms with Gasteiger partial charge in [0.15, 0.2) is 0 Å². The van der Waals surface area contributed by atoms with Crippen LogP contribution in [-0.2, 0) is 10.1 Å². The summed E-state index contributed by atoms with van der Waals surface area (Å²) in [6.45, 7) is 5.26. The third-order valence-electron chi connectivity index (χ3n) is 4.06. The van der Waals surface area contributed by atoms with Crippen LogP contribution < -0.4 is 5.32 Å². The average Bonchev–Trinajstić information content (AvgIpc) is 2.27. The fraction of sp³-hybridized carbons (Fsp3) is 1.00. The van der Waals surface area contributed by atoms with Crippen molar-refractivity contribution in [1.82, 2.24) is 5.32 Å². The van der Waals surface area contributed by atoms with Gasteiger partial charge in [0.1, 0.15) is 5.88 Å². The van der Waals surface area contributed by atoms with Crippen LogP contribution in [0.25, 0.3) is 0 Å². The minimum Gasteiger partial charge on any atom is -0.301 e. The van der Waals surface area contributed by atoms with Crippen molar-refractivity contribution in [3.8, 4) is 0 Å². The first-order chi connectivity index (χ1) is 7.92. The number of rotatable bonds is 6. The van der Waals surface area contributed by atoms with Crippen LogP contribution in [0.1, 0.15) is 46.0 Å². The summed E-state index contributed by atoms with van der Waals surface area (Å²) in [6, 6.07) is 0. The molecule has 0 aliphatic heterocycles. The van der Waals surface area contributed by atoms with Gasteiger partial charge in [0, 0.05) is 0 Å². The maximum atomic E-state index is 10.5. The normalized spacial score (nSPS) is 27.9. The highest BCUT2D eigenvalue weighted by molar-refractivity contribution is 7.85. The molecular weight excluding hydrogens is 238 g/mol. The zero-order chi connectivity index (χ0) is 12.9. The SMILES string of the molecule is CCC(C)C1CCC(CNCS(=O)(=O)O)CC1. The highest BCUT2D eigenvalue weighted by atomic mass is 32.2. The largest absolute Gasteiger partial charge is 0.301 e. The van der Waals surface area contributed by atoms with Crippen LogP contribution in [0.3, 0.4) is 0 Å². The van der Waals surface area contributed by atoms with E-state index in [1.165, 1.54) is 32.1 Å². The predicted molar refractivity (Wildman–Crippen MR) is 69.3 cm³/mol. The molecule has 0 aromatic rings. The fourth-order valence-electron chi connectivity index (χ4n) is 2.69. The number of hydrogen-bond acceptors (Lipinski definition) is 3. The Kier molecular flexibility index (Phi) is 5.89. The van der Waals surface area contributed by atoms with Crippen molar-refractivity contribution in [2.45, 2.75) is 46.0 Å². The van der Waals surface area contributed by atoms with Gasteiger partial charge in [-0.25, -0.2) is 0 Å². The Morgan fingerprint density at radius 2 is 1.88 bits per heavy atom. The van der Waals surface area contributed by atoms with Gasteiger partial charge in [0.05, 0.1) is 0 Å². The van der Waals surface area contributed by atoms with Crippen molar-refractivity contribution in [1.29, 1.82) is 0 Å². The summed E-state index contributed by atoms with van der Waals surface area (Å²) < 4.78 is 29.7. The third-order valence-corrected chi connectivity index (χ3v) is 4.63. The smallest absolute Gasteiger partial charge is 0.278 e. The zero-order valence-corrected chi connectivity index (χ0v) is 11.7. The van der Waals surface area contributed by atoms with E-state index in [9.17, 15) is 8.42 Å². The van der Waals surface area contributed by atoms with Crippen molar-refractivity contribution < 1.29 is 13.0 Å². The Bertz CT molecular complexity index is 308. The van der Waals surface area contributed by atoms with Crippen LogP contribution in [0, 0.1) is 17.8 Å². The molecule has 0 saturated heterocycles. The number of hydrogen-bond donors (Lipinski definition) is 2. The lowest BCUT2D eigenvalue weighted by Crippen LogP contribution is -2.31. The van der Waals surface area contributed by atoms with Gasteiger partial charge in [0.2, 0.25) is 0 Å². The molecule has 0 amide bonds. The first-order valence-electron chi connectivity index (χ1n) is 6.58. The first kappa shape index (κ1) is 14.9. The lowest BCUT2D eigenvalue weighted by atomic mass is 9.75. The van der Waals surface area contributed by atoms with Crippen molar-refractivity contribution in [3.05, 3.63) is 0 Å². The van der Waals surface area contributed by atoms with Gasteiger partial charge in [-0.05, 0) is 50.0 Å². The monoisotopic (exact) mass is 263 g/mol. The van der Waals surface area contributed by atoms with Crippen LogP contribution in [-0.4, -0.2) is 25.4 Å². The molecule has 0 radical (unpaired) electrons. The molecule has 0 bridgehead atoms. The highest BCUT2D eigenvalue weighted by Crippen LogP contribution is 2.34. The van der Waals surface area contributed by atoms with Gasteiger partial charge < -0.3 is 5.32 Å².